The first-order valence-electron chi connectivity index (χ1n) is 6.68. The highest BCUT2D eigenvalue weighted by atomic mass is 79.9. The Hall–Kier alpha value is -2.06. The van der Waals surface area contributed by atoms with E-state index in [1.807, 2.05) is 19.1 Å². The van der Waals surface area contributed by atoms with Gasteiger partial charge in [0.15, 0.2) is 5.76 Å². The van der Waals surface area contributed by atoms with Crippen molar-refractivity contribution in [3.8, 4) is 11.5 Å². The van der Waals surface area contributed by atoms with Crippen molar-refractivity contribution >= 4 is 31.6 Å². The maximum Gasteiger partial charge on any atom is 0.295 e. The Morgan fingerprint density at radius 3 is 2.52 bits per heavy atom. The molecule has 0 unspecified atom stereocenters. The first-order chi connectivity index (χ1) is 10.8. The smallest absolute Gasteiger partial charge is 0.295 e. The molecule has 0 atom stereocenters. The number of furan rings is 1. The quantitative estimate of drug-likeness (QED) is 0.716. The first kappa shape index (κ1) is 15.8. The summed E-state index contributed by atoms with van der Waals surface area (Å²) in [7, 11) is -3.84. The second-order valence-corrected chi connectivity index (χ2v) is 7.51. The Kier molecular flexibility index (Phi) is 4.03. The molecule has 0 saturated heterocycles. The minimum Gasteiger partial charge on any atom is -0.439 e. The molecule has 23 heavy (non-hydrogen) atoms. The molecule has 8 heteroatoms. The van der Waals surface area contributed by atoms with Crippen LogP contribution in [0.1, 0.15) is 11.3 Å². The van der Waals surface area contributed by atoms with Crippen LogP contribution < -0.4 is 4.72 Å². The molecule has 0 saturated carbocycles. The van der Waals surface area contributed by atoms with Crippen LogP contribution in [0.15, 0.2) is 54.9 Å². The normalized spacial score (nSPS) is 11.6. The molecular formula is C15H13BrN2O4S. The largest absolute Gasteiger partial charge is 0.439 e. The summed E-state index contributed by atoms with van der Waals surface area (Å²) in [6.07, 6.45) is 0. The van der Waals surface area contributed by atoms with Crippen LogP contribution in [0.4, 0.5) is 5.69 Å². The van der Waals surface area contributed by atoms with Crippen LogP contribution in [-0.2, 0) is 10.0 Å². The van der Waals surface area contributed by atoms with Crippen molar-refractivity contribution in [2.45, 2.75) is 18.9 Å². The van der Waals surface area contributed by atoms with Crippen molar-refractivity contribution in [3.63, 3.8) is 0 Å². The van der Waals surface area contributed by atoms with Gasteiger partial charge in [-0.15, -0.1) is 0 Å². The maximum atomic E-state index is 12.4. The van der Waals surface area contributed by atoms with Gasteiger partial charge in [0, 0.05) is 10.5 Å². The molecule has 3 rings (SSSR count). The molecule has 0 bridgehead atoms. The summed E-state index contributed by atoms with van der Waals surface area (Å²) in [5.41, 5.74) is 2.13. The number of aryl methyl sites for hydroxylation is 2. The molecule has 6 nitrogen and oxygen atoms in total. The van der Waals surface area contributed by atoms with Gasteiger partial charge >= 0.3 is 0 Å². The Morgan fingerprint density at radius 2 is 1.87 bits per heavy atom. The van der Waals surface area contributed by atoms with Crippen molar-refractivity contribution in [2.24, 2.45) is 0 Å². The van der Waals surface area contributed by atoms with E-state index in [1.165, 1.54) is 12.1 Å². The summed E-state index contributed by atoms with van der Waals surface area (Å²) in [5, 5.41) is 3.55. The van der Waals surface area contributed by atoms with E-state index < -0.39 is 10.0 Å². The molecule has 0 fully saturated rings. The average Bonchev–Trinajstić information content (AvgIpc) is 3.10. The highest BCUT2D eigenvalue weighted by molar-refractivity contribution is 9.10. The summed E-state index contributed by atoms with van der Waals surface area (Å²) in [4.78, 5) is 0. The molecule has 2 heterocycles. The van der Waals surface area contributed by atoms with E-state index in [-0.39, 0.29) is 5.09 Å². The Labute approximate surface area is 141 Å². The lowest BCUT2D eigenvalue weighted by molar-refractivity contribution is 0.398. The van der Waals surface area contributed by atoms with Crippen LogP contribution in [0.25, 0.3) is 11.5 Å². The highest BCUT2D eigenvalue weighted by Crippen LogP contribution is 2.29. The van der Waals surface area contributed by atoms with E-state index in [4.69, 9.17) is 8.94 Å². The predicted octanol–water partition coefficient (Wildman–Crippen LogP) is 4.11. The summed E-state index contributed by atoms with van der Waals surface area (Å²) in [6, 6.07) is 9.88. The van der Waals surface area contributed by atoms with E-state index in [9.17, 15) is 8.42 Å². The monoisotopic (exact) mass is 396 g/mol. The zero-order chi connectivity index (χ0) is 16.6. The van der Waals surface area contributed by atoms with Crippen molar-refractivity contribution < 1.29 is 17.4 Å². The number of anilines is 1. The van der Waals surface area contributed by atoms with Gasteiger partial charge in [-0.25, -0.2) is 0 Å². The van der Waals surface area contributed by atoms with E-state index in [1.54, 1.807) is 19.1 Å². The van der Waals surface area contributed by atoms with Crippen LogP contribution in [-0.4, -0.2) is 13.6 Å². The predicted molar refractivity (Wildman–Crippen MR) is 88.6 cm³/mol. The van der Waals surface area contributed by atoms with E-state index in [0.29, 0.717) is 27.4 Å². The third-order valence-electron chi connectivity index (χ3n) is 3.09. The van der Waals surface area contributed by atoms with Gasteiger partial charge in [0.1, 0.15) is 0 Å². The van der Waals surface area contributed by atoms with Gasteiger partial charge in [0.05, 0.1) is 11.4 Å². The van der Waals surface area contributed by atoms with Gasteiger partial charge in [0.2, 0.25) is 10.9 Å². The van der Waals surface area contributed by atoms with Gasteiger partial charge in [-0.3, -0.25) is 4.72 Å². The molecule has 3 aromatic rings. The molecule has 1 aromatic carbocycles. The molecule has 0 aliphatic heterocycles. The van der Waals surface area contributed by atoms with E-state index in [0.717, 1.165) is 5.56 Å². The van der Waals surface area contributed by atoms with Gasteiger partial charge in [-0.2, -0.15) is 8.42 Å². The molecule has 1 N–H and O–H groups in total. The molecule has 0 radical (unpaired) electrons. The Morgan fingerprint density at radius 1 is 1.09 bits per heavy atom. The molecule has 120 valence electrons. The number of sulfonamides is 1. The number of hydrogen-bond acceptors (Lipinski definition) is 5. The lowest BCUT2D eigenvalue weighted by Crippen LogP contribution is -2.12. The number of nitrogens with zero attached hydrogens (tertiary/aromatic N) is 1. The van der Waals surface area contributed by atoms with Gasteiger partial charge in [-0.1, -0.05) is 11.2 Å². The summed E-state index contributed by atoms with van der Waals surface area (Å²) in [6.45, 7) is 3.69. The fourth-order valence-electron chi connectivity index (χ4n) is 1.97. The van der Waals surface area contributed by atoms with Crippen molar-refractivity contribution in [3.05, 3.63) is 52.1 Å². The fourth-order valence-corrected chi connectivity index (χ4v) is 3.71. The summed E-state index contributed by atoms with van der Waals surface area (Å²) in [5.74, 6) is 0.675. The lowest BCUT2D eigenvalue weighted by atomic mass is 10.2. The van der Waals surface area contributed by atoms with Crippen LogP contribution in [0.2, 0.25) is 0 Å². The number of aromatic nitrogens is 1. The third-order valence-corrected chi connectivity index (χ3v) is 4.98. The van der Waals surface area contributed by atoms with Crippen LogP contribution >= 0.6 is 15.9 Å². The maximum absolute atomic E-state index is 12.4. The zero-order valence-electron chi connectivity index (χ0n) is 12.3. The topological polar surface area (TPSA) is 85.3 Å². The molecule has 0 spiro atoms. The van der Waals surface area contributed by atoms with Crippen LogP contribution in [0.3, 0.4) is 0 Å². The lowest BCUT2D eigenvalue weighted by Gasteiger charge is -2.08. The van der Waals surface area contributed by atoms with Gasteiger partial charge in [0.25, 0.3) is 10.0 Å². The standard InChI is InChI=1S/C15H13BrN2O4S/c1-9-3-4-12(11(16)7-9)18-23(19,20)15-6-5-13(21-15)14-8-10(2)17-22-14/h3-8,18H,1-2H3. The molecule has 0 aliphatic carbocycles. The second-order valence-electron chi connectivity index (χ2n) is 5.04. The average molecular weight is 397 g/mol. The Bertz CT molecular complexity index is 960. The van der Waals surface area contributed by atoms with Crippen molar-refractivity contribution in [1.82, 2.24) is 5.16 Å². The number of hydrogen-bond donors (Lipinski definition) is 1. The summed E-state index contributed by atoms with van der Waals surface area (Å²) < 4.78 is 38.4. The third kappa shape index (κ3) is 3.32. The van der Waals surface area contributed by atoms with Crippen molar-refractivity contribution in [1.29, 1.82) is 0 Å². The molecule has 2 aromatic heterocycles. The van der Waals surface area contributed by atoms with Gasteiger partial charge < -0.3 is 8.94 Å². The minimum absolute atomic E-state index is 0.200. The highest BCUT2D eigenvalue weighted by Gasteiger charge is 2.21. The minimum atomic E-state index is -3.84. The Balaban J connectivity index is 1.89. The number of nitrogens with one attached hydrogen (secondary N) is 1. The first-order valence-corrected chi connectivity index (χ1v) is 8.95. The molecule has 0 aliphatic rings. The summed E-state index contributed by atoms with van der Waals surface area (Å²) >= 11 is 3.34. The van der Waals surface area contributed by atoms with Crippen LogP contribution in [0.5, 0.6) is 0 Å². The number of halogens is 1. The zero-order valence-corrected chi connectivity index (χ0v) is 14.7. The van der Waals surface area contributed by atoms with E-state index in [2.05, 4.69) is 25.8 Å². The van der Waals surface area contributed by atoms with Gasteiger partial charge in [-0.05, 0) is 59.6 Å². The molecular weight excluding hydrogens is 384 g/mol. The second kappa shape index (κ2) is 5.86. The number of benzene rings is 1. The van der Waals surface area contributed by atoms with Crippen LogP contribution in [0, 0.1) is 13.8 Å². The van der Waals surface area contributed by atoms with E-state index >= 15 is 0 Å². The SMILES string of the molecule is Cc1ccc(NS(=O)(=O)c2ccc(-c3cc(C)no3)o2)c(Br)c1. The molecule has 0 amide bonds. The fraction of sp³-hybridized carbons (Fsp3) is 0.133. The number of rotatable bonds is 4. The van der Waals surface area contributed by atoms with Crippen molar-refractivity contribution in [2.75, 3.05) is 4.72 Å².